The summed E-state index contributed by atoms with van der Waals surface area (Å²) in [6, 6.07) is 0. The Morgan fingerprint density at radius 2 is 1.92 bits per heavy atom. The maximum Gasteiger partial charge on any atom is -0.0100 e. The third kappa shape index (κ3) is 1.88. The van der Waals surface area contributed by atoms with Gasteiger partial charge in [-0.2, -0.15) is 0 Å². The van der Waals surface area contributed by atoms with Crippen LogP contribution in [0, 0.1) is 0 Å². The summed E-state index contributed by atoms with van der Waals surface area (Å²) in [5.74, 6) is 0. The van der Waals surface area contributed by atoms with Gasteiger partial charge in [-0.15, -0.1) is 0 Å². The highest BCUT2D eigenvalue weighted by molar-refractivity contribution is 5.29. The van der Waals surface area contributed by atoms with Crippen LogP contribution in [-0.2, 0) is 0 Å². The molecule has 0 unspecified atom stereocenters. The molecule has 2 aliphatic carbocycles. The van der Waals surface area contributed by atoms with Gasteiger partial charge in [0, 0.05) is 0 Å². The fourth-order valence-electron chi connectivity index (χ4n) is 1.97. The van der Waals surface area contributed by atoms with Crippen LogP contribution in [0.2, 0.25) is 0 Å². The predicted molar refractivity (Wildman–Crippen MR) is 53.0 cm³/mol. The molecule has 0 aromatic rings. The lowest BCUT2D eigenvalue weighted by molar-refractivity contribution is 0.886. The third-order valence-electron chi connectivity index (χ3n) is 2.67. The van der Waals surface area contributed by atoms with Crippen molar-refractivity contribution < 1.29 is 0 Å². The van der Waals surface area contributed by atoms with Crippen molar-refractivity contribution in [1.82, 2.24) is 0 Å². The normalized spacial score (nSPS) is 22.7. The van der Waals surface area contributed by atoms with Crippen molar-refractivity contribution in [2.75, 3.05) is 0 Å². The Morgan fingerprint density at radius 1 is 1.08 bits per heavy atom. The molecule has 0 aliphatic heterocycles. The zero-order chi connectivity index (χ0) is 8.23. The van der Waals surface area contributed by atoms with Crippen LogP contribution in [0.15, 0.2) is 35.5 Å². The molecule has 0 aromatic carbocycles. The SMILES string of the molecule is C1=CCC(C=C2CCCC2)=CC1. The first-order valence-electron chi connectivity index (χ1n) is 4.98. The molecular formula is C12H16. The first kappa shape index (κ1) is 7.85. The van der Waals surface area contributed by atoms with E-state index in [1.54, 1.807) is 5.57 Å². The van der Waals surface area contributed by atoms with Crippen LogP contribution in [-0.4, -0.2) is 0 Å². The van der Waals surface area contributed by atoms with Crippen LogP contribution < -0.4 is 0 Å². The standard InChI is InChI=1S/C12H16/c1-2-6-11(7-3-1)10-12-8-4-5-9-12/h1-2,7,10H,3-6,8-9H2. The van der Waals surface area contributed by atoms with Gasteiger partial charge in [0.2, 0.25) is 0 Å². The van der Waals surface area contributed by atoms with Crippen molar-refractivity contribution >= 4 is 0 Å². The maximum atomic E-state index is 2.43. The van der Waals surface area contributed by atoms with Gasteiger partial charge < -0.3 is 0 Å². The van der Waals surface area contributed by atoms with Crippen LogP contribution in [0.25, 0.3) is 0 Å². The molecule has 2 aliphatic rings. The minimum atomic E-state index is 1.14. The molecule has 0 aromatic heterocycles. The summed E-state index contributed by atoms with van der Waals surface area (Å²) in [5.41, 5.74) is 3.21. The van der Waals surface area contributed by atoms with E-state index < -0.39 is 0 Å². The molecule has 12 heavy (non-hydrogen) atoms. The van der Waals surface area contributed by atoms with E-state index in [2.05, 4.69) is 24.3 Å². The Bertz CT molecular complexity index is 233. The second-order valence-electron chi connectivity index (χ2n) is 3.70. The van der Waals surface area contributed by atoms with Crippen LogP contribution >= 0.6 is 0 Å². The molecule has 0 heterocycles. The molecule has 0 nitrogen and oxygen atoms in total. The number of hydrogen-bond acceptors (Lipinski definition) is 0. The van der Waals surface area contributed by atoms with E-state index in [9.17, 15) is 0 Å². The highest BCUT2D eigenvalue weighted by Crippen LogP contribution is 2.26. The maximum absolute atomic E-state index is 2.43. The fourth-order valence-corrected chi connectivity index (χ4v) is 1.97. The Labute approximate surface area is 74.7 Å². The van der Waals surface area contributed by atoms with Crippen LogP contribution in [0.4, 0.5) is 0 Å². The first-order valence-corrected chi connectivity index (χ1v) is 4.98. The van der Waals surface area contributed by atoms with Gasteiger partial charge in [0.05, 0.1) is 0 Å². The van der Waals surface area contributed by atoms with Crippen molar-refractivity contribution in [2.24, 2.45) is 0 Å². The van der Waals surface area contributed by atoms with E-state index in [0.717, 1.165) is 12.8 Å². The van der Waals surface area contributed by atoms with Gasteiger partial charge in [0.15, 0.2) is 0 Å². The van der Waals surface area contributed by atoms with E-state index in [4.69, 9.17) is 0 Å². The molecule has 0 amide bonds. The van der Waals surface area contributed by atoms with E-state index >= 15 is 0 Å². The van der Waals surface area contributed by atoms with Gasteiger partial charge in [0.1, 0.15) is 0 Å². The molecule has 1 fully saturated rings. The molecular weight excluding hydrogens is 144 g/mol. The van der Waals surface area contributed by atoms with Gasteiger partial charge in [-0.1, -0.05) is 29.9 Å². The van der Waals surface area contributed by atoms with Gasteiger partial charge in [0.25, 0.3) is 0 Å². The zero-order valence-corrected chi connectivity index (χ0v) is 7.55. The largest absolute Gasteiger partial charge is 0.0844 e. The molecule has 0 saturated heterocycles. The Kier molecular flexibility index (Phi) is 2.45. The summed E-state index contributed by atoms with van der Waals surface area (Å²) in [6.07, 6.45) is 17.1. The second-order valence-corrected chi connectivity index (χ2v) is 3.70. The van der Waals surface area contributed by atoms with Crippen LogP contribution in [0.1, 0.15) is 38.5 Å². The minimum Gasteiger partial charge on any atom is -0.0844 e. The summed E-state index contributed by atoms with van der Waals surface area (Å²) >= 11 is 0. The minimum absolute atomic E-state index is 1.14. The van der Waals surface area contributed by atoms with E-state index in [1.165, 1.54) is 31.3 Å². The molecule has 0 spiro atoms. The number of hydrogen-bond donors (Lipinski definition) is 0. The smallest absolute Gasteiger partial charge is 0.0100 e. The number of allylic oxidation sites excluding steroid dienone is 6. The highest BCUT2D eigenvalue weighted by Gasteiger charge is 2.06. The summed E-state index contributed by atoms with van der Waals surface area (Å²) in [4.78, 5) is 0. The Morgan fingerprint density at radius 3 is 2.58 bits per heavy atom. The average molecular weight is 160 g/mol. The molecule has 64 valence electrons. The van der Waals surface area contributed by atoms with Crippen molar-refractivity contribution in [1.29, 1.82) is 0 Å². The van der Waals surface area contributed by atoms with E-state index in [0.29, 0.717) is 0 Å². The van der Waals surface area contributed by atoms with Gasteiger partial charge in [-0.25, -0.2) is 0 Å². The molecule has 0 bridgehead atoms. The predicted octanol–water partition coefficient (Wildman–Crippen LogP) is 3.76. The average Bonchev–Trinajstić information content (AvgIpc) is 2.59. The zero-order valence-electron chi connectivity index (χ0n) is 7.55. The van der Waals surface area contributed by atoms with Gasteiger partial charge in [-0.05, 0) is 44.1 Å². The quantitative estimate of drug-likeness (QED) is 0.512. The monoisotopic (exact) mass is 160 g/mol. The lowest BCUT2D eigenvalue weighted by Crippen LogP contribution is -1.84. The molecule has 2 rings (SSSR count). The topological polar surface area (TPSA) is 0 Å². The van der Waals surface area contributed by atoms with Gasteiger partial charge >= 0.3 is 0 Å². The van der Waals surface area contributed by atoms with E-state index in [1.807, 2.05) is 0 Å². The fraction of sp³-hybridized carbons (Fsp3) is 0.500. The Hall–Kier alpha value is -0.780. The van der Waals surface area contributed by atoms with E-state index in [-0.39, 0.29) is 0 Å². The first-order chi connectivity index (χ1) is 5.95. The highest BCUT2D eigenvalue weighted by atomic mass is 14.1. The van der Waals surface area contributed by atoms with Crippen molar-refractivity contribution in [2.45, 2.75) is 38.5 Å². The van der Waals surface area contributed by atoms with Crippen molar-refractivity contribution in [3.05, 3.63) is 35.5 Å². The molecule has 0 atom stereocenters. The summed E-state index contributed by atoms with van der Waals surface area (Å²) < 4.78 is 0. The summed E-state index contributed by atoms with van der Waals surface area (Å²) in [6.45, 7) is 0. The second kappa shape index (κ2) is 3.75. The summed E-state index contributed by atoms with van der Waals surface area (Å²) in [7, 11) is 0. The summed E-state index contributed by atoms with van der Waals surface area (Å²) in [5, 5.41) is 0. The van der Waals surface area contributed by atoms with Crippen molar-refractivity contribution in [3.8, 4) is 0 Å². The molecule has 0 N–H and O–H groups in total. The van der Waals surface area contributed by atoms with Crippen molar-refractivity contribution in [3.63, 3.8) is 0 Å². The molecule has 1 saturated carbocycles. The van der Waals surface area contributed by atoms with Crippen LogP contribution in [0.3, 0.4) is 0 Å². The lowest BCUT2D eigenvalue weighted by Gasteiger charge is -2.04. The molecule has 0 radical (unpaired) electrons. The Balaban J connectivity index is 2.00. The lowest BCUT2D eigenvalue weighted by atomic mass is 10.0. The third-order valence-corrected chi connectivity index (χ3v) is 2.67. The van der Waals surface area contributed by atoms with Crippen LogP contribution in [0.5, 0.6) is 0 Å². The number of rotatable bonds is 1. The van der Waals surface area contributed by atoms with Gasteiger partial charge in [-0.3, -0.25) is 0 Å². The molecule has 0 heteroatoms.